The van der Waals surface area contributed by atoms with Crippen LogP contribution in [0.1, 0.15) is 34.6 Å². The number of aliphatic hydroxyl groups is 1. The Labute approximate surface area is 95.5 Å². The van der Waals surface area contributed by atoms with Crippen LogP contribution in [-0.4, -0.2) is 25.6 Å². The molecule has 0 spiro atoms. The van der Waals surface area contributed by atoms with E-state index in [2.05, 4.69) is 33.9 Å². The van der Waals surface area contributed by atoms with Gasteiger partial charge in [0.2, 0.25) is 0 Å². The lowest BCUT2D eigenvalue weighted by atomic mass is 10.2. The number of hydrogen-bond acceptors (Lipinski definition) is 2. The molecule has 0 bridgehead atoms. The highest BCUT2D eigenvalue weighted by Crippen LogP contribution is 2.37. The van der Waals surface area contributed by atoms with Gasteiger partial charge < -0.3 is 9.53 Å². The molecule has 2 atom stereocenters. The van der Waals surface area contributed by atoms with Gasteiger partial charge in [-0.2, -0.15) is 0 Å². The summed E-state index contributed by atoms with van der Waals surface area (Å²) in [5, 5.41) is 9.80. The summed E-state index contributed by atoms with van der Waals surface area (Å²) in [7, 11) is -1.78. The molecule has 0 aliphatic rings. The molecule has 0 saturated carbocycles. The third-order valence-corrected chi connectivity index (χ3v) is 7.57. The van der Waals surface area contributed by atoms with Gasteiger partial charge in [0.15, 0.2) is 8.32 Å². The zero-order valence-corrected chi connectivity index (χ0v) is 12.2. The second-order valence-corrected chi connectivity index (χ2v) is 10.4. The van der Waals surface area contributed by atoms with Crippen LogP contribution in [0.5, 0.6) is 0 Å². The first-order chi connectivity index (χ1) is 6.62. The fourth-order valence-electron chi connectivity index (χ4n) is 1.01. The zero-order valence-electron chi connectivity index (χ0n) is 11.2. The molecule has 0 aromatic heterocycles. The Hall–Kier alpha value is -0.123. The molecule has 0 radical (unpaired) electrons. The first kappa shape index (κ1) is 14.9. The van der Waals surface area contributed by atoms with Crippen molar-refractivity contribution >= 4 is 8.32 Å². The average molecular weight is 230 g/mol. The van der Waals surface area contributed by atoms with Crippen molar-refractivity contribution in [1.29, 1.82) is 0 Å². The summed E-state index contributed by atoms with van der Waals surface area (Å²) < 4.78 is 6.11. The summed E-state index contributed by atoms with van der Waals surface area (Å²) in [6, 6.07) is 0. The molecule has 0 unspecified atom stereocenters. The molecule has 0 heterocycles. The van der Waals surface area contributed by atoms with Crippen LogP contribution in [0.3, 0.4) is 0 Å². The maximum absolute atomic E-state index is 9.62. The molecule has 0 saturated heterocycles. The summed E-state index contributed by atoms with van der Waals surface area (Å²) >= 11 is 0. The van der Waals surface area contributed by atoms with Crippen molar-refractivity contribution in [3.05, 3.63) is 12.2 Å². The van der Waals surface area contributed by atoms with E-state index < -0.39 is 14.4 Å². The molecule has 90 valence electrons. The molecule has 0 aliphatic heterocycles. The molecule has 0 rings (SSSR count). The summed E-state index contributed by atoms with van der Waals surface area (Å²) in [6.45, 7) is 14.7. The fraction of sp³-hybridized carbons (Fsp3) is 0.833. The van der Waals surface area contributed by atoms with E-state index in [-0.39, 0.29) is 11.1 Å². The van der Waals surface area contributed by atoms with Gasteiger partial charge in [-0.3, -0.25) is 0 Å². The Morgan fingerprint density at radius 2 is 1.73 bits per heavy atom. The van der Waals surface area contributed by atoms with Crippen molar-refractivity contribution in [2.45, 2.75) is 65.0 Å². The Kier molecular flexibility index (Phi) is 5.24. The van der Waals surface area contributed by atoms with E-state index in [1.54, 1.807) is 6.92 Å². The van der Waals surface area contributed by atoms with Crippen molar-refractivity contribution < 1.29 is 9.53 Å². The zero-order chi connectivity index (χ0) is 12.3. The van der Waals surface area contributed by atoms with Crippen LogP contribution in [-0.2, 0) is 4.43 Å². The smallest absolute Gasteiger partial charge is 0.193 e. The van der Waals surface area contributed by atoms with Gasteiger partial charge in [0.05, 0.1) is 12.2 Å². The van der Waals surface area contributed by atoms with E-state index in [9.17, 15) is 5.11 Å². The van der Waals surface area contributed by atoms with E-state index in [4.69, 9.17) is 4.43 Å². The second kappa shape index (κ2) is 5.28. The summed E-state index contributed by atoms with van der Waals surface area (Å²) in [4.78, 5) is 0. The van der Waals surface area contributed by atoms with Gasteiger partial charge in [-0.05, 0) is 32.0 Å². The minimum absolute atomic E-state index is 0.170. The van der Waals surface area contributed by atoms with Gasteiger partial charge in [-0.15, -0.1) is 0 Å². The number of aliphatic hydroxyl groups excluding tert-OH is 1. The monoisotopic (exact) mass is 230 g/mol. The molecular formula is C12H26O2Si. The largest absolute Gasteiger partial charge is 0.408 e. The number of rotatable bonds is 4. The summed E-state index contributed by atoms with van der Waals surface area (Å²) in [5.41, 5.74) is 0. The van der Waals surface area contributed by atoms with Crippen LogP contribution in [0.15, 0.2) is 12.2 Å². The maximum atomic E-state index is 9.62. The minimum atomic E-state index is -1.78. The lowest BCUT2D eigenvalue weighted by molar-refractivity contribution is 0.0685. The topological polar surface area (TPSA) is 29.5 Å². The van der Waals surface area contributed by atoms with Gasteiger partial charge in [-0.25, -0.2) is 0 Å². The molecule has 0 aromatic rings. The van der Waals surface area contributed by atoms with E-state index in [1.807, 2.05) is 19.1 Å². The van der Waals surface area contributed by atoms with Gasteiger partial charge >= 0.3 is 0 Å². The third-order valence-electron chi connectivity index (χ3n) is 3.09. The predicted octanol–water partition coefficient (Wildman–Crippen LogP) is 3.33. The molecule has 1 N–H and O–H groups in total. The highest BCUT2D eigenvalue weighted by Gasteiger charge is 2.39. The number of allylic oxidation sites excluding steroid dienone is 1. The molecule has 3 heteroatoms. The van der Waals surface area contributed by atoms with Crippen molar-refractivity contribution in [1.82, 2.24) is 0 Å². The molecule has 2 nitrogen and oxygen atoms in total. The van der Waals surface area contributed by atoms with Crippen LogP contribution in [0.25, 0.3) is 0 Å². The lowest BCUT2D eigenvalue weighted by Crippen LogP contribution is -2.46. The van der Waals surface area contributed by atoms with Crippen LogP contribution in [0.2, 0.25) is 18.1 Å². The normalized spacial score (nSPS) is 18.1. The molecular weight excluding hydrogens is 204 g/mol. The van der Waals surface area contributed by atoms with E-state index in [0.29, 0.717) is 0 Å². The standard InChI is InChI=1S/C12H26O2Si/c1-8-9-11(10(2)13)14-15(6,7)12(3,4)5/h8-11,13H,1-7H3/b9-8+/t10-,11-/m0/s1. The predicted molar refractivity (Wildman–Crippen MR) is 68.6 cm³/mol. The number of hydrogen-bond donors (Lipinski definition) is 1. The van der Waals surface area contributed by atoms with E-state index in [1.165, 1.54) is 0 Å². The van der Waals surface area contributed by atoms with Crippen molar-refractivity contribution in [3.8, 4) is 0 Å². The first-order valence-corrected chi connectivity index (χ1v) is 8.51. The van der Waals surface area contributed by atoms with Crippen LogP contribution >= 0.6 is 0 Å². The first-order valence-electron chi connectivity index (χ1n) is 5.60. The van der Waals surface area contributed by atoms with Crippen LogP contribution in [0, 0.1) is 0 Å². The quantitative estimate of drug-likeness (QED) is 0.593. The fourth-order valence-corrected chi connectivity index (χ4v) is 2.31. The Balaban J connectivity index is 4.67. The molecule has 0 aromatic carbocycles. The third kappa shape index (κ3) is 4.49. The summed E-state index contributed by atoms with van der Waals surface area (Å²) in [5.74, 6) is 0. The van der Waals surface area contributed by atoms with E-state index >= 15 is 0 Å². The van der Waals surface area contributed by atoms with Crippen LogP contribution < -0.4 is 0 Å². The van der Waals surface area contributed by atoms with Gasteiger partial charge in [0, 0.05) is 0 Å². The van der Waals surface area contributed by atoms with Crippen molar-refractivity contribution in [2.75, 3.05) is 0 Å². The Morgan fingerprint density at radius 1 is 1.27 bits per heavy atom. The lowest BCUT2D eigenvalue weighted by Gasteiger charge is -2.39. The second-order valence-electron chi connectivity index (χ2n) is 5.61. The Morgan fingerprint density at radius 3 is 2.00 bits per heavy atom. The average Bonchev–Trinajstić information content (AvgIpc) is 2.00. The SMILES string of the molecule is C/C=C/[C@H](O[Si](C)(C)C(C)(C)C)[C@H](C)O. The molecule has 15 heavy (non-hydrogen) atoms. The van der Waals surface area contributed by atoms with Crippen molar-refractivity contribution in [3.63, 3.8) is 0 Å². The van der Waals surface area contributed by atoms with Gasteiger partial charge in [0.25, 0.3) is 0 Å². The van der Waals surface area contributed by atoms with E-state index in [0.717, 1.165) is 0 Å². The maximum Gasteiger partial charge on any atom is 0.193 e. The summed E-state index contributed by atoms with van der Waals surface area (Å²) in [6.07, 6.45) is 3.25. The highest BCUT2D eigenvalue weighted by molar-refractivity contribution is 6.74. The van der Waals surface area contributed by atoms with Gasteiger partial charge in [-0.1, -0.05) is 32.9 Å². The van der Waals surface area contributed by atoms with Gasteiger partial charge in [0.1, 0.15) is 0 Å². The van der Waals surface area contributed by atoms with Crippen LogP contribution in [0.4, 0.5) is 0 Å². The molecule has 0 aliphatic carbocycles. The molecule has 0 fully saturated rings. The molecule has 0 amide bonds. The van der Waals surface area contributed by atoms with Crippen molar-refractivity contribution in [2.24, 2.45) is 0 Å². The highest BCUT2D eigenvalue weighted by atomic mass is 28.4. The minimum Gasteiger partial charge on any atom is -0.408 e. The Bertz CT molecular complexity index is 214.